The van der Waals surface area contributed by atoms with Gasteiger partial charge in [-0.1, -0.05) is 41.1 Å². The molecule has 0 amide bonds. The van der Waals surface area contributed by atoms with Gasteiger partial charge in [-0.25, -0.2) is 0 Å². The second-order valence-electron chi connectivity index (χ2n) is 7.13. The Balaban J connectivity index is 1.32. The molecule has 2 aromatic rings. The molecule has 0 radical (unpaired) electrons. The van der Waals surface area contributed by atoms with E-state index in [4.69, 9.17) is 16.7 Å². The quantitative estimate of drug-likeness (QED) is 0.714. The molecule has 0 atom stereocenters. The van der Waals surface area contributed by atoms with Crippen molar-refractivity contribution >= 4 is 34.0 Å². The molecule has 2 aliphatic rings. The molecule has 6 nitrogen and oxygen atoms in total. The first-order chi connectivity index (χ1) is 12.6. The fraction of sp³-hybridized carbons (Fsp3) is 0.500. The normalized spacial score (nSPS) is 22.2. The number of carboxylic acids is 1. The van der Waals surface area contributed by atoms with E-state index in [-0.39, 0.29) is 6.54 Å². The molecule has 0 saturated heterocycles. The highest BCUT2D eigenvalue weighted by molar-refractivity contribution is 7.18. The Morgan fingerprint density at radius 1 is 1.31 bits per heavy atom. The number of aromatic nitrogens is 2. The molecule has 8 heteroatoms. The van der Waals surface area contributed by atoms with E-state index in [1.807, 2.05) is 24.3 Å². The first kappa shape index (κ1) is 17.7. The lowest BCUT2D eigenvalue weighted by atomic mass is 9.85. The summed E-state index contributed by atoms with van der Waals surface area (Å²) in [5, 5.41) is 23.3. The molecule has 2 N–H and O–H groups in total. The van der Waals surface area contributed by atoms with Gasteiger partial charge in [-0.05, 0) is 37.7 Å². The highest BCUT2D eigenvalue weighted by Gasteiger charge is 2.37. The SMILES string of the molecule is O=C(O)CN(CC1CC1)C1CC(Nc2nnc(-c3ccccc3Cl)s2)C1. The third-order valence-electron chi connectivity index (χ3n) is 5.01. The number of nitrogens with zero attached hydrogens (tertiary/aromatic N) is 3. The van der Waals surface area contributed by atoms with Crippen LogP contribution in [0.2, 0.25) is 5.02 Å². The monoisotopic (exact) mass is 392 g/mol. The van der Waals surface area contributed by atoms with Gasteiger partial charge in [-0.2, -0.15) is 0 Å². The van der Waals surface area contributed by atoms with Gasteiger partial charge in [0.1, 0.15) is 0 Å². The lowest BCUT2D eigenvalue weighted by molar-refractivity contribution is -0.139. The molecular formula is C18H21ClN4O2S. The van der Waals surface area contributed by atoms with Crippen LogP contribution in [0.15, 0.2) is 24.3 Å². The van der Waals surface area contributed by atoms with E-state index in [0.717, 1.165) is 35.1 Å². The molecule has 26 heavy (non-hydrogen) atoms. The molecule has 4 rings (SSSR count). The van der Waals surface area contributed by atoms with E-state index < -0.39 is 5.97 Å². The van der Waals surface area contributed by atoms with E-state index >= 15 is 0 Å². The van der Waals surface area contributed by atoms with Gasteiger partial charge in [0.05, 0.1) is 11.6 Å². The van der Waals surface area contributed by atoms with Crippen LogP contribution in [-0.2, 0) is 4.79 Å². The summed E-state index contributed by atoms with van der Waals surface area (Å²) >= 11 is 7.71. The fourth-order valence-corrected chi connectivity index (χ4v) is 4.49. The first-order valence-electron chi connectivity index (χ1n) is 8.89. The van der Waals surface area contributed by atoms with Crippen LogP contribution in [0.5, 0.6) is 0 Å². The average Bonchev–Trinajstić information content (AvgIpc) is 3.25. The number of halogens is 1. The Kier molecular flexibility index (Phi) is 5.11. The van der Waals surface area contributed by atoms with E-state index in [2.05, 4.69) is 20.4 Å². The molecule has 1 aromatic heterocycles. The van der Waals surface area contributed by atoms with Gasteiger partial charge < -0.3 is 10.4 Å². The lowest BCUT2D eigenvalue weighted by Crippen LogP contribution is -2.52. The molecule has 2 fully saturated rings. The number of nitrogens with one attached hydrogen (secondary N) is 1. The first-order valence-corrected chi connectivity index (χ1v) is 10.1. The Labute approximate surface area is 161 Å². The van der Waals surface area contributed by atoms with Gasteiger partial charge in [0.15, 0.2) is 5.01 Å². The van der Waals surface area contributed by atoms with Crippen molar-refractivity contribution in [1.82, 2.24) is 15.1 Å². The van der Waals surface area contributed by atoms with Crippen molar-refractivity contribution in [3.8, 4) is 10.6 Å². The molecule has 138 valence electrons. The van der Waals surface area contributed by atoms with Gasteiger partial charge >= 0.3 is 5.97 Å². The molecule has 1 aromatic carbocycles. The molecule has 0 unspecified atom stereocenters. The molecule has 2 aliphatic carbocycles. The number of carbonyl (C=O) groups is 1. The summed E-state index contributed by atoms with van der Waals surface area (Å²) in [4.78, 5) is 13.2. The van der Waals surface area contributed by atoms with Crippen molar-refractivity contribution in [2.24, 2.45) is 5.92 Å². The molecule has 1 heterocycles. The minimum absolute atomic E-state index is 0.142. The van der Waals surface area contributed by atoms with Gasteiger partial charge in [0.25, 0.3) is 0 Å². The van der Waals surface area contributed by atoms with Crippen molar-refractivity contribution in [1.29, 1.82) is 0 Å². The number of hydrogen-bond donors (Lipinski definition) is 2. The highest BCUT2D eigenvalue weighted by Crippen LogP contribution is 2.36. The molecule has 2 saturated carbocycles. The number of aliphatic carboxylic acids is 1. The van der Waals surface area contributed by atoms with E-state index in [1.165, 1.54) is 24.2 Å². The topological polar surface area (TPSA) is 78.4 Å². The van der Waals surface area contributed by atoms with E-state index in [9.17, 15) is 4.79 Å². The van der Waals surface area contributed by atoms with Crippen LogP contribution in [0.1, 0.15) is 25.7 Å². The molecular weight excluding hydrogens is 372 g/mol. The standard InChI is InChI=1S/C18H21ClN4O2S/c19-15-4-2-1-3-14(15)17-21-22-18(26-17)20-12-7-13(8-12)23(10-16(24)25)9-11-5-6-11/h1-4,11-13H,5-10H2,(H,20,22)(H,24,25). The fourth-order valence-electron chi connectivity index (χ4n) is 3.35. The smallest absolute Gasteiger partial charge is 0.317 e. The highest BCUT2D eigenvalue weighted by atomic mass is 35.5. The average molecular weight is 393 g/mol. The Morgan fingerprint density at radius 3 is 2.77 bits per heavy atom. The number of benzene rings is 1. The predicted molar refractivity (Wildman–Crippen MR) is 103 cm³/mol. The number of rotatable bonds is 8. The van der Waals surface area contributed by atoms with Crippen LogP contribution in [0.3, 0.4) is 0 Å². The minimum atomic E-state index is -0.740. The van der Waals surface area contributed by atoms with E-state index in [0.29, 0.717) is 23.0 Å². The van der Waals surface area contributed by atoms with Gasteiger partial charge in [0, 0.05) is 24.2 Å². The van der Waals surface area contributed by atoms with Crippen LogP contribution in [0.4, 0.5) is 5.13 Å². The van der Waals surface area contributed by atoms with E-state index in [1.54, 1.807) is 0 Å². The maximum absolute atomic E-state index is 11.1. The number of anilines is 1. The van der Waals surface area contributed by atoms with Crippen molar-refractivity contribution in [2.45, 2.75) is 37.8 Å². The Morgan fingerprint density at radius 2 is 2.08 bits per heavy atom. The van der Waals surface area contributed by atoms with Crippen molar-refractivity contribution in [2.75, 3.05) is 18.4 Å². The zero-order valence-electron chi connectivity index (χ0n) is 14.3. The van der Waals surface area contributed by atoms with Crippen LogP contribution < -0.4 is 5.32 Å². The molecule has 0 spiro atoms. The minimum Gasteiger partial charge on any atom is -0.480 e. The van der Waals surface area contributed by atoms with Crippen LogP contribution in [0, 0.1) is 5.92 Å². The predicted octanol–water partition coefficient (Wildman–Crippen LogP) is 3.60. The second kappa shape index (κ2) is 7.50. The summed E-state index contributed by atoms with van der Waals surface area (Å²) in [6.45, 7) is 1.06. The molecule has 0 aliphatic heterocycles. The summed E-state index contributed by atoms with van der Waals surface area (Å²) in [5.41, 5.74) is 0.892. The summed E-state index contributed by atoms with van der Waals surface area (Å²) in [6.07, 6.45) is 4.36. The third kappa shape index (κ3) is 4.16. The maximum Gasteiger partial charge on any atom is 0.317 e. The van der Waals surface area contributed by atoms with Crippen LogP contribution in [0.25, 0.3) is 10.6 Å². The maximum atomic E-state index is 11.1. The Hall–Kier alpha value is -1.70. The number of hydrogen-bond acceptors (Lipinski definition) is 6. The lowest BCUT2D eigenvalue weighted by Gasteiger charge is -2.42. The largest absolute Gasteiger partial charge is 0.480 e. The summed E-state index contributed by atoms with van der Waals surface area (Å²) < 4.78 is 0. The Bertz CT molecular complexity index is 789. The van der Waals surface area contributed by atoms with Gasteiger partial charge in [-0.15, -0.1) is 10.2 Å². The third-order valence-corrected chi connectivity index (χ3v) is 6.23. The van der Waals surface area contributed by atoms with Crippen molar-refractivity contribution in [3.63, 3.8) is 0 Å². The van der Waals surface area contributed by atoms with Crippen molar-refractivity contribution < 1.29 is 9.90 Å². The number of carboxylic acid groups (broad SMARTS) is 1. The van der Waals surface area contributed by atoms with Crippen LogP contribution in [-0.4, -0.2) is 51.3 Å². The summed E-state index contributed by atoms with van der Waals surface area (Å²) in [7, 11) is 0. The zero-order valence-corrected chi connectivity index (χ0v) is 15.8. The van der Waals surface area contributed by atoms with Gasteiger partial charge in [0.2, 0.25) is 5.13 Å². The molecule has 0 bridgehead atoms. The second-order valence-corrected chi connectivity index (χ2v) is 8.51. The van der Waals surface area contributed by atoms with Gasteiger partial charge in [-0.3, -0.25) is 9.69 Å². The summed E-state index contributed by atoms with van der Waals surface area (Å²) in [5.74, 6) is -0.0433. The van der Waals surface area contributed by atoms with Crippen LogP contribution >= 0.6 is 22.9 Å². The van der Waals surface area contributed by atoms with Crippen molar-refractivity contribution in [3.05, 3.63) is 29.3 Å². The summed E-state index contributed by atoms with van der Waals surface area (Å²) in [6, 6.07) is 8.28. The zero-order chi connectivity index (χ0) is 18.1.